The monoisotopic (exact) mass is 284 g/mol. The number of phenols is 1. The Kier molecular flexibility index (Phi) is 4.97. The first-order valence-electron chi connectivity index (χ1n) is 7.35. The van der Waals surface area contributed by atoms with Gasteiger partial charge in [0.05, 0.1) is 0 Å². The molecule has 0 radical (unpaired) electrons. The normalized spacial score (nSPS) is 12.6. The molecule has 1 atom stereocenters. The van der Waals surface area contributed by atoms with Crippen LogP contribution in [0.25, 0.3) is 0 Å². The van der Waals surface area contributed by atoms with Crippen molar-refractivity contribution in [1.82, 2.24) is 9.88 Å². The average molecular weight is 284 g/mol. The first-order chi connectivity index (χ1) is 9.97. The van der Waals surface area contributed by atoms with E-state index in [-0.39, 0.29) is 0 Å². The summed E-state index contributed by atoms with van der Waals surface area (Å²) in [7, 11) is 2.13. The molecule has 1 N–H and O–H groups in total. The van der Waals surface area contributed by atoms with Gasteiger partial charge in [-0.1, -0.05) is 25.1 Å². The Morgan fingerprint density at radius 1 is 1.24 bits per heavy atom. The fourth-order valence-corrected chi connectivity index (χ4v) is 2.71. The van der Waals surface area contributed by atoms with Crippen molar-refractivity contribution in [2.75, 3.05) is 13.6 Å². The van der Waals surface area contributed by atoms with E-state index in [4.69, 9.17) is 0 Å². The van der Waals surface area contributed by atoms with Crippen LogP contribution in [0.2, 0.25) is 0 Å². The Labute approximate surface area is 127 Å². The lowest BCUT2D eigenvalue weighted by Crippen LogP contribution is -2.23. The van der Waals surface area contributed by atoms with Crippen LogP contribution in [0, 0.1) is 13.8 Å². The molecule has 0 saturated carbocycles. The van der Waals surface area contributed by atoms with E-state index in [1.165, 1.54) is 11.1 Å². The number of pyridine rings is 1. The van der Waals surface area contributed by atoms with Crippen molar-refractivity contribution in [1.29, 1.82) is 0 Å². The van der Waals surface area contributed by atoms with Crippen LogP contribution in [0.4, 0.5) is 0 Å². The molecule has 0 saturated heterocycles. The van der Waals surface area contributed by atoms with Crippen LogP contribution >= 0.6 is 0 Å². The van der Waals surface area contributed by atoms with Crippen LogP contribution in [0.3, 0.4) is 0 Å². The maximum atomic E-state index is 9.87. The SMILES string of the molecule is Cc1cc(C(C)CN(C)Cc2cccnc2)cc(C)c1O. The van der Waals surface area contributed by atoms with Gasteiger partial charge in [0.1, 0.15) is 5.75 Å². The maximum Gasteiger partial charge on any atom is 0.121 e. The Hall–Kier alpha value is -1.87. The lowest BCUT2D eigenvalue weighted by atomic mass is 9.96. The summed E-state index contributed by atoms with van der Waals surface area (Å²) in [5.41, 5.74) is 4.41. The van der Waals surface area contributed by atoms with Crippen molar-refractivity contribution in [3.8, 4) is 5.75 Å². The van der Waals surface area contributed by atoms with Crippen molar-refractivity contribution < 1.29 is 5.11 Å². The first kappa shape index (κ1) is 15.5. The van der Waals surface area contributed by atoms with E-state index in [0.29, 0.717) is 11.7 Å². The molecule has 1 unspecified atom stereocenters. The second-order valence-corrected chi connectivity index (χ2v) is 5.96. The van der Waals surface area contributed by atoms with Crippen molar-refractivity contribution in [2.24, 2.45) is 0 Å². The van der Waals surface area contributed by atoms with E-state index >= 15 is 0 Å². The number of benzene rings is 1. The highest BCUT2D eigenvalue weighted by Crippen LogP contribution is 2.27. The van der Waals surface area contributed by atoms with Crippen molar-refractivity contribution in [3.63, 3.8) is 0 Å². The zero-order valence-corrected chi connectivity index (χ0v) is 13.3. The third kappa shape index (κ3) is 4.05. The smallest absolute Gasteiger partial charge is 0.121 e. The summed E-state index contributed by atoms with van der Waals surface area (Å²) in [4.78, 5) is 6.46. The highest BCUT2D eigenvalue weighted by atomic mass is 16.3. The molecule has 112 valence electrons. The molecule has 2 aromatic rings. The van der Waals surface area contributed by atoms with E-state index in [1.54, 1.807) is 6.20 Å². The van der Waals surface area contributed by atoms with Gasteiger partial charge in [-0.2, -0.15) is 0 Å². The van der Waals surface area contributed by atoms with E-state index in [9.17, 15) is 5.11 Å². The van der Waals surface area contributed by atoms with Crippen molar-refractivity contribution >= 4 is 0 Å². The summed E-state index contributed by atoms with van der Waals surface area (Å²) in [5.74, 6) is 0.833. The predicted molar refractivity (Wildman–Crippen MR) is 86.6 cm³/mol. The molecular weight excluding hydrogens is 260 g/mol. The number of hydrogen-bond acceptors (Lipinski definition) is 3. The molecule has 3 nitrogen and oxygen atoms in total. The molecule has 0 aliphatic rings. The van der Waals surface area contributed by atoms with E-state index < -0.39 is 0 Å². The summed E-state index contributed by atoms with van der Waals surface area (Å²) in [6.07, 6.45) is 3.71. The minimum atomic E-state index is 0.412. The highest BCUT2D eigenvalue weighted by Gasteiger charge is 2.12. The number of aromatic nitrogens is 1. The maximum absolute atomic E-state index is 9.87. The minimum Gasteiger partial charge on any atom is -0.507 e. The van der Waals surface area contributed by atoms with Gasteiger partial charge in [-0.3, -0.25) is 4.98 Å². The zero-order chi connectivity index (χ0) is 15.4. The second-order valence-electron chi connectivity index (χ2n) is 5.96. The van der Waals surface area contributed by atoms with E-state index in [1.807, 2.05) is 26.1 Å². The molecule has 1 aromatic carbocycles. The van der Waals surface area contributed by atoms with Crippen LogP contribution in [0.1, 0.15) is 35.1 Å². The molecule has 2 rings (SSSR count). The summed E-state index contributed by atoms with van der Waals surface area (Å²) in [5, 5.41) is 9.87. The van der Waals surface area contributed by atoms with Crippen LogP contribution in [-0.4, -0.2) is 28.6 Å². The molecule has 0 bridgehead atoms. The molecular formula is C18H24N2O. The number of rotatable bonds is 5. The molecule has 0 fully saturated rings. The fraction of sp³-hybridized carbons (Fsp3) is 0.389. The Bertz CT molecular complexity index is 572. The first-order valence-corrected chi connectivity index (χ1v) is 7.35. The van der Waals surface area contributed by atoms with Gasteiger partial charge in [0.2, 0.25) is 0 Å². The number of nitrogens with zero attached hydrogens (tertiary/aromatic N) is 2. The topological polar surface area (TPSA) is 36.4 Å². The number of aryl methyl sites for hydroxylation is 2. The van der Waals surface area contributed by atoms with Gasteiger partial charge < -0.3 is 10.0 Å². The third-order valence-corrected chi connectivity index (χ3v) is 3.84. The van der Waals surface area contributed by atoms with E-state index in [2.05, 4.69) is 42.1 Å². The average Bonchev–Trinajstić information content (AvgIpc) is 2.45. The molecule has 0 aliphatic heterocycles. The number of phenolic OH excluding ortho intramolecular Hbond substituents is 1. The van der Waals surface area contributed by atoms with Crippen molar-refractivity contribution in [2.45, 2.75) is 33.2 Å². The van der Waals surface area contributed by atoms with Gasteiger partial charge in [-0.05, 0) is 55.1 Å². The molecule has 0 spiro atoms. The highest BCUT2D eigenvalue weighted by molar-refractivity contribution is 5.43. The standard InChI is InChI=1S/C18H24N2O/c1-13-8-17(9-14(2)18(13)21)15(3)11-20(4)12-16-6-5-7-19-10-16/h5-10,15,21H,11-12H2,1-4H3. The number of hydrogen-bond donors (Lipinski definition) is 1. The summed E-state index contributed by atoms with van der Waals surface area (Å²) >= 11 is 0. The quantitative estimate of drug-likeness (QED) is 0.910. The molecule has 0 amide bonds. The van der Waals surface area contributed by atoms with Gasteiger partial charge in [-0.15, -0.1) is 0 Å². The van der Waals surface area contributed by atoms with Gasteiger partial charge in [0, 0.05) is 25.5 Å². The van der Waals surface area contributed by atoms with Crippen LogP contribution < -0.4 is 0 Å². The van der Waals surface area contributed by atoms with Crippen molar-refractivity contribution in [3.05, 3.63) is 58.9 Å². The Morgan fingerprint density at radius 3 is 2.48 bits per heavy atom. The molecule has 3 heteroatoms. The van der Waals surface area contributed by atoms with Crippen LogP contribution in [0.5, 0.6) is 5.75 Å². The van der Waals surface area contributed by atoms with Gasteiger partial charge in [-0.25, -0.2) is 0 Å². The molecule has 0 aliphatic carbocycles. The largest absolute Gasteiger partial charge is 0.507 e. The third-order valence-electron chi connectivity index (χ3n) is 3.84. The summed E-state index contributed by atoms with van der Waals surface area (Å²) in [6, 6.07) is 8.25. The summed E-state index contributed by atoms with van der Waals surface area (Å²) < 4.78 is 0. The number of likely N-dealkylation sites (N-methyl/N-ethyl adjacent to an activating group) is 1. The predicted octanol–water partition coefficient (Wildman–Crippen LogP) is 3.64. The second kappa shape index (κ2) is 6.72. The van der Waals surface area contributed by atoms with Crippen LogP contribution in [0.15, 0.2) is 36.7 Å². The van der Waals surface area contributed by atoms with Crippen LogP contribution in [-0.2, 0) is 6.54 Å². The molecule has 1 aromatic heterocycles. The van der Waals surface area contributed by atoms with Gasteiger partial charge in [0.15, 0.2) is 0 Å². The fourth-order valence-electron chi connectivity index (χ4n) is 2.71. The lowest BCUT2D eigenvalue weighted by molar-refractivity contribution is 0.309. The zero-order valence-electron chi connectivity index (χ0n) is 13.3. The summed E-state index contributed by atoms with van der Waals surface area (Å²) in [6.45, 7) is 8.01. The number of aromatic hydroxyl groups is 1. The van der Waals surface area contributed by atoms with E-state index in [0.717, 1.165) is 24.2 Å². The Morgan fingerprint density at radius 2 is 1.90 bits per heavy atom. The molecule has 21 heavy (non-hydrogen) atoms. The lowest BCUT2D eigenvalue weighted by Gasteiger charge is -2.22. The molecule has 1 heterocycles. The Balaban J connectivity index is 2.02. The van der Waals surface area contributed by atoms with Gasteiger partial charge >= 0.3 is 0 Å². The minimum absolute atomic E-state index is 0.412. The van der Waals surface area contributed by atoms with Gasteiger partial charge in [0.25, 0.3) is 0 Å².